The number of hydrogen-bond donors (Lipinski definition) is 1. The number of aromatic nitrogens is 1. The predicted octanol–water partition coefficient (Wildman–Crippen LogP) is 2.93. The Labute approximate surface area is 124 Å². The SMILES string of the molecule is CCCN(Cc1cccc(N)c1)C(=O)c1oc(C)nc1C. The van der Waals surface area contributed by atoms with Gasteiger partial charge in [0, 0.05) is 25.7 Å². The molecule has 0 radical (unpaired) electrons. The van der Waals surface area contributed by atoms with Crippen LogP contribution in [0.4, 0.5) is 5.69 Å². The number of oxazole rings is 1. The van der Waals surface area contributed by atoms with Crippen LogP contribution in [-0.4, -0.2) is 22.3 Å². The van der Waals surface area contributed by atoms with Crippen molar-refractivity contribution in [3.8, 4) is 0 Å². The minimum absolute atomic E-state index is 0.127. The van der Waals surface area contributed by atoms with E-state index in [-0.39, 0.29) is 5.91 Å². The van der Waals surface area contributed by atoms with Crippen LogP contribution in [0.5, 0.6) is 0 Å². The van der Waals surface area contributed by atoms with E-state index >= 15 is 0 Å². The smallest absolute Gasteiger partial charge is 0.291 e. The van der Waals surface area contributed by atoms with E-state index < -0.39 is 0 Å². The molecule has 2 N–H and O–H groups in total. The van der Waals surface area contributed by atoms with E-state index in [4.69, 9.17) is 10.2 Å². The molecule has 0 saturated heterocycles. The Kier molecular flexibility index (Phi) is 4.62. The first kappa shape index (κ1) is 15.1. The molecule has 2 rings (SSSR count). The van der Waals surface area contributed by atoms with Gasteiger partial charge in [0.15, 0.2) is 5.89 Å². The van der Waals surface area contributed by atoms with Gasteiger partial charge in [0.05, 0.1) is 5.69 Å². The number of carbonyl (C=O) groups excluding carboxylic acids is 1. The molecule has 0 unspecified atom stereocenters. The maximum atomic E-state index is 12.6. The van der Waals surface area contributed by atoms with Gasteiger partial charge in [-0.05, 0) is 31.0 Å². The van der Waals surface area contributed by atoms with Crippen molar-refractivity contribution in [1.29, 1.82) is 0 Å². The zero-order valence-corrected chi connectivity index (χ0v) is 12.7. The molecule has 1 aromatic heterocycles. The quantitative estimate of drug-likeness (QED) is 0.858. The summed E-state index contributed by atoms with van der Waals surface area (Å²) in [6.45, 7) is 6.74. The zero-order chi connectivity index (χ0) is 15.4. The summed E-state index contributed by atoms with van der Waals surface area (Å²) in [7, 11) is 0. The van der Waals surface area contributed by atoms with E-state index in [0.29, 0.717) is 36.1 Å². The number of rotatable bonds is 5. The van der Waals surface area contributed by atoms with E-state index in [1.165, 1.54) is 0 Å². The Bertz CT molecular complexity index is 634. The zero-order valence-electron chi connectivity index (χ0n) is 12.7. The molecule has 0 atom stereocenters. The van der Waals surface area contributed by atoms with Gasteiger partial charge in [-0.3, -0.25) is 4.79 Å². The molecule has 1 aromatic carbocycles. The number of amides is 1. The van der Waals surface area contributed by atoms with Gasteiger partial charge in [-0.25, -0.2) is 4.98 Å². The first-order chi connectivity index (χ1) is 10.0. The molecule has 1 heterocycles. The highest BCUT2D eigenvalue weighted by Gasteiger charge is 2.22. The topological polar surface area (TPSA) is 72.4 Å². The summed E-state index contributed by atoms with van der Waals surface area (Å²) < 4.78 is 5.44. The van der Waals surface area contributed by atoms with Crippen LogP contribution in [0.1, 0.15) is 41.0 Å². The lowest BCUT2D eigenvalue weighted by atomic mass is 10.1. The third kappa shape index (κ3) is 3.62. The van der Waals surface area contributed by atoms with Gasteiger partial charge in [-0.15, -0.1) is 0 Å². The van der Waals surface area contributed by atoms with Crippen molar-refractivity contribution in [2.45, 2.75) is 33.7 Å². The predicted molar refractivity (Wildman–Crippen MR) is 81.9 cm³/mol. The van der Waals surface area contributed by atoms with Crippen molar-refractivity contribution in [3.63, 3.8) is 0 Å². The van der Waals surface area contributed by atoms with Crippen molar-refractivity contribution >= 4 is 11.6 Å². The van der Waals surface area contributed by atoms with Crippen LogP contribution in [0.2, 0.25) is 0 Å². The lowest BCUT2D eigenvalue weighted by Gasteiger charge is -2.21. The first-order valence-corrected chi connectivity index (χ1v) is 7.09. The van der Waals surface area contributed by atoms with Gasteiger partial charge in [0.25, 0.3) is 5.91 Å². The van der Waals surface area contributed by atoms with Crippen LogP contribution in [-0.2, 0) is 6.54 Å². The molecule has 0 aliphatic rings. The van der Waals surface area contributed by atoms with Crippen LogP contribution in [0, 0.1) is 13.8 Å². The van der Waals surface area contributed by atoms with E-state index in [0.717, 1.165) is 12.0 Å². The molecule has 0 aliphatic heterocycles. The summed E-state index contributed by atoms with van der Waals surface area (Å²) in [5, 5.41) is 0. The molecule has 0 aliphatic carbocycles. The lowest BCUT2D eigenvalue weighted by molar-refractivity contribution is 0.0708. The second-order valence-electron chi connectivity index (χ2n) is 5.12. The van der Waals surface area contributed by atoms with Gasteiger partial charge in [0.2, 0.25) is 5.76 Å². The average Bonchev–Trinajstić information content (AvgIpc) is 2.76. The minimum atomic E-state index is -0.127. The highest BCUT2D eigenvalue weighted by molar-refractivity contribution is 5.92. The van der Waals surface area contributed by atoms with Crippen molar-refractivity contribution in [1.82, 2.24) is 9.88 Å². The van der Waals surface area contributed by atoms with Crippen LogP contribution >= 0.6 is 0 Å². The maximum absolute atomic E-state index is 12.6. The molecule has 0 saturated carbocycles. The molecular formula is C16H21N3O2. The normalized spacial score (nSPS) is 10.6. The second-order valence-corrected chi connectivity index (χ2v) is 5.12. The average molecular weight is 287 g/mol. The molecule has 0 bridgehead atoms. The van der Waals surface area contributed by atoms with Crippen molar-refractivity contribution in [3.05, 3.63) is 47.2 Å². The van der Waals surface area contributed by atoms with Crippen LogP contribution < -0.4 is 5.73 Å². The number of anilines is 1. The molecule has 5 nitrogen and oxygen atoms in total. The van der Waals surface area contributed by atoms with E-state index in [1.54, 1.807) is 18.7 Å². The van der Waals surface area contributed by atoms with Gasteiger partial charge in [0.1, 0.15) is 0 Å². The van der Waals surface area contributed by atoms with E-state index in [2.05, 4.69) is 4.98 Å². The van der Waals surface area contributed by atoms with Crippen molar-refractivity contribution in [2.24, 2.45) is 0 Å². The highest BCUT2D eigenvalue weighted by atomic mass is 16.4. The Morgan fingerprint density at radius 2 is 2.14 bits per heavy atom. The maximum Gasteiger partial charge on any atom is 0.291 e. The number of carbonyl (C=O) groups is 1. The standard InChI is InChI=1S/C16H21N3O2/c1-4-8-19(10-13-6-5-7-14(17)9-13)16(20)15-11(2)18-12(3)21-15/h5-7,9H,4,8,10,17H2,1-3H3. The molecule has 112 valence electrons. The summed E-state index contributed by atoms with van der Waals surface area (Å²) in [6, 6.07) is 7.57. The third-order valence-corrected chi connectivity index (χ3v) is 3.20. The number of nitrogen functional groups attached to an aromatic ring is 1. The summed E-state index contributed by atoms with van der Waals surface area (Å²) in [5.41, 5.74) is 8.12. The summed E-state index contributed by atoms with van der Waals surface area (Å²) >= 11 is 0. The largest absolute Gasteiger partial charge is 0.436 e. The molecule has 0 fully saturated rings. The number of aryl methyl sites for hydroxylation is 2. The number of hydrogen-bond acceptors (Lipinski definition) is 4. The summed E-state index contributed by atoms with van der Waals surface area (Å²) in [5.74, 6) is 0.707. The van der Waals surface area contributed by atoms with Crippen molar-refractivity contribution in [2.75, 3.05) is 12.3 Å². The van der Waals surface area contributed by atoms with Crippen LogP contribution in [0.15, 0.2) is 28.7 Å². The second kappa shape index (κ2) is 6.43. The van der Waals surface area contributed by atoms with Crippen LogP contribution in [0.3, 0.4) is 0 Å². The van der Waals surface area contributed by atoms with Gasteiger partial charge >= 0.3 is 0 Å². The molecule has 21 heavy (non-hydrogen) atoms. The fourth-order valence-corrected chi connectivity index (χ4v) is 2.31. The number of benzene rings is 1. The first-order valence-electron chi connectivity index (χ1n) is 7.09. The molecule has 0 spiro atoms. The fraction of sp³-hybridized carbons (Fsp3) is 0.375. The fourth-order valence-electron chi connectivity index (χ4n) is 2.31. The molecule has 2 aromatic rings. The number of nitrogens with two attached hydrogens (primary N) is 1. The van der Waals surface area contributed by atoms with Crippen LogP contribution in [0.25, 0.3) is 0 Å². The molecule has 1 amide bonds. The molecule has 5 heteroatoms. The molecular weight excluding hydrogens is 266 g/mol. The third-order valence-electron chi connectivity index (χ3n) is 3.20. The Morgan fingerprint density at radius 3 is 2.71 bits per heavy atom. The van der Waals surface area contributed by atoms with Gasteiger partial charge in [-0.2, -0.15) is 0 Å². The lowest BCUT2D eigenvalue weighted by Crippen LogP contribution is -2.31. The van der Waals surface area contributed by atoms with E-state index in [1.807, 2.05) is 31.2 Å². The van der Waals surface area contributed by atoms with Crippen molar-refractivity contribution < 1.29 is 9.21 Å². The monoisotopic (exact) mass is 287 g/mol. The van der Waals surface area contributed by atoms with Gasteiger partial charge < -0.3 is 15.1 Å². The van der Waals surface area contributed by atoms with E-state index in [9.17, 15) is 4.79 Å². The Morgan fingerprint density at radius 1 is 1.38 bits per heavy atom. The van der Waals surface area contributed by atoms with Gasteiger partial charge in [-0.1, -0.05) is 19.1 Å². The summed E-state index contributed by atoms with van der Waals surface area (Å²) in [4.78, 5) is 18.5. The Balaban J connectivity index is 2.22. The number of nitrogens with zero attached hydrogens (tertiary/aromatic N) is 2. The Hall–Kier alpha value is -2.30. The minimum Gasteiger partial charge on any atom is -0.436 e. The highest BCUT2D eigenvalue weighted by Crippen LogP contribution is 2.16. The summed E-state index contributed by atoms with van der Waals surface area (Å²) in [6.07, 6.45) is 0.875.